The second-order valence-electron chi connectivity index (χ2n) is 5.86. The Labute approximate surface area is 146 Å². The zero-order valence-corrected chi connectivity index (χ0v) is 13.7. The van der Waals surface area contributed by atoms with Gasteiger partial charge in [-0.25, -0.2) is 9.48 Å². The number of ether oxygens (including phenoxy) is 1. The van der Waals surface area contributed by atoms with Crippen LogP contribution in [0.15, 0.2) is 24.3 Å². The molecule has 2 N–H and O–H groups in total. The topological polar surface area (TPSA) is 149 Å². The summed E-state index contributed by atoms with van der Waals surface area (Å²) < 4.78 is 6.38. The van der Waals surface area contributed by atoms with Crippen LogP contribution in [0.4, 0.5) is 5.69 Å². The number of nitro benzene ring substituents is 1. The lowest BCUT2D eigenvalue weighted by Crippen LogP contribution is -2.55. The number of aromatic nitrogens is 3. The van der Waals surface area contributed by atoms with Crippen LogP contribution >= 0.6 is 0 Å². The molecule has 0 aliphatic carbocycles. The SMILES string of the molecule is Cc1c(C(=O)NC2(C(=O)O)CCOC2)nnn1-c1cccc([N+](=O)[O-])c1. The fourth-order valence-corrected chi connectivity index (χ4v) is 2.68. The van der Waals surface area contributed by atoms with E-state index >= 15 is 0 Å². The lowest BCUT2D eigenvalue weighted by atomic mass is 9.99. The van der Waals surface area contributed by atoms with E-state index < -0.39 is 22.3 Å². The molecule has 1 amide bonds. The third-order valence-corrected chi connectivity index (χ3v) is 4.18. The third-order valence-electron chi connectivity index (χ3n) is 4.18. The first-order valence-electron chi connectivity index (χ1n) is 7.65. The first-order valence-corrected chi connectivity index (χ1v) is 7.65. The monoisotopic (exact) mass is 361 g/mol. The van der Waals surface area contributed by atoms with Gasteiger partial charge in [-0.15, -0.1) is 5.10 Å². The van der Waals surface area contributed by atoms with Crippen LogP contribution in [0.2, 0.25) is 0 Å². The number of hydrogen-bond acceptors (Lipinski definition) is 7. The van der Waals surface area contributed by atoms with Crippen molar-refractivity contribution in [1.82, 2.24) is 20.3 Å². The van der Waals surface area contributed by atoms with Crippen molar-refractivity contribution in [2.45, 2.75) is 18.9 Å². The Morgan fingerprint density at radius 2 is 2.23 bits per heavy atom. The molecule has 1 saturated heterocycles. The lowest BCUT2D eigenvalue weighted by Gasteiger charge is -2.23. The molecule has 11 nitrogen and oxygen atoms in total. The van der Waals surface area contributed by atoms with Gasteiger partial charge < -0.3 is 15.2 Å². The molecule has 1 atom stereocenters. The number of nitrogens with zero attached hydrogens (tertiary/aromatic N) is 4. The summed E-state index contributed by atoms with van der Waals surface area (Å²) in [5, 5.41) is 30.4. The Balaban J connectivity index is 1.89. The van der Waals surface area contributed by atoms with Crippen LogP contribution < -0.4 is 5.32 Å². The first-order chi connectivity index (χ1) is 12.3. The molecule has 0 saturated carbocycles. The molecule has 1 fully saturated rings. The van der Waals surface area contributed by atoms with E-state index in [1.807, 2.05) is 0 Å². The van der Waals surface area contributed by atoms with Gasteiger partial charge in [-0.3, -0.25) is 14.9 Å². The van der Waals surface area contributed by atoms with E-state index in [1.54, 1.807) is 13.0 Å². The summed E-state index contributed by atoms with van der Waals surface area (Å²) in [6, 6.07) is 5.70. The average Bonchev–Trinajstić information content (AvgIpc) is 3.22. The van der Waals surface area contributed by atoms with Crippen LogP contribution in [0.5, 0.6) is 0 Å². The van der Waals surface area contributed by atoms with Gasteiger partial charge in [0.05, 0.1) is 22.9 Å². The van der Waals surface area contributed by atoms with Gasteiger partial charge in [-0.05, 0) is 13.0 Å². The number of carboxylic acid groups (broad SMARTS) is 1. The van der Waals surface area contributed by atoms with E-state index in [2.05, 4.69) is 15.6 Å². The molecule has 1 unspecified atom stereocenters. The normalized spacial score (nSPS) is 19.3. The number of carbonyl (C=O) groups is 2. The van der Waals surface area contributed by atoms with Crippen molar-refractivity contribution in [3.63, 3.8) is 0 Å². The fourth-order valence-electron chi connectivity index (χ4n) is 2.68. The largest absolute Gasteiger partial charge is 0.479 e. The van der Waals surface area contributed by atoms with E-state index in [-0.39, 0.29) is 31.0 Å². The number of carboxylic acids is 1. The van der Waals surface area contributed by atoms with Gasteiger partial charge in [0.2, 0.25) is 0 Å². The number of rotatable bonds is 5. The molecule has 2 heterocycles. The number of aliphatic carboxylic acids is 1. The van der Waals surface area contributed by atoms with Gasteiger partial charge in [0.15, 0.2) is 11.2 Å². The maximum Gasteiger partial charge on any atom is 0.331 e. The van der Waals surface area contributed by atoms with E-state index in [1.165, 1.54) is 22.9 Å². The summed E-state index contributed by atoms with van der Waals surface area (Å²) >= 11 is 0. The van der Waals surface area contributed by atoms with Crippen molar-refractivity contribution in [2.75, 3.05) is 13.2 Å². The molecule has 1 aromatic heterocycles. The molecular formula is C15H15N5O6. The van der Waals surface area contributed by atoms with Gasteiger partial charge in [0, 0.05) is 25.2 Å². The number of nitro groups is 1. The smallest absolute Gasteiger partial charge is 0.331 e. The Morgan fingerprint density at radius 3 is 2.85 bits per heavy atom. The van der Waals surface area contributed by atoms with Gasteiger partial charge in [0.1, 0.15) is 0 Å². The molecule has 11 heteroatoms. The maximum absolute atomic E-state index is 12.5. The molecule has 1 aliphatic heterocycles. The molecular weight excluding hydrogens is 346 g/mol. The molecule has 0 spiro atoms. The van der Waals surface area contributed by atoms with Crippen molar-refractivity contribution < 1.29 is 24.4 Å². The number of non-ortho nitro benzene ring substituents is 1. The molecule has 136 valence electrons. The highest BCUT2D eigenvalue weighted by Gasteiger charge is 2.44. The Hall–Kier alpha value is -3.34. The lowest BCUT2D eigenvalue weighted by molar-refractivity contribution is -0.384. The van der Waals surface area contributed by atoms with Crippen LogP contribution in [0.1, 0.15) is 22.6 Å². The third kappa shape index (κ3) is 2.99. The van der Waals surface area contributed by atoms with Crippen molar-refractivity contribution >= 4 is 17.6 Å². The summed E-state index contributed by atoms with van der Waals surface area (Å²) in [5.74, 6) is -1.89. The summed E-state index contributed by atoms with van der Waals surface area (Å²) in [5.41, 5.74) is -1.01. The van der Waals surface area contributed by atoms with E-state index in [9.17, 15) is 24.8 Å². The molecule has 1 aliphatic rings. The van der Waals surface area contributed by atoms with E-state index in [0.717, 1.165) is 0 Å². The van der Waals surface area contributed by atoms with Gasteiger partial charge in [-0.2, -0.15) is 0 Å². The molecule has 0 radical (unpaired) electrons. The number of amides is 1. The van der Waals surface area contributed by atoms with E-state index in [4.69, 9.17) is 4.74 Å². The highest BCUT2D eigenvalue weighted by molar-refractivity contribution is 5.97. The quantitative estimate of drug-likeness (QED) is 0.576. The van der Waals surface area contributed by atoms with Gasteiger partial charge in [0.25, 0.3) is 11.6 Å². The average molecular weight is 361 g/mol. The van der Waals surface area contributed by atoms with Crippen LogP contribution in [-0.4, -0.2) is 55.7 Å². The van der Waals surface area contributed by atoms with Crippen molar-refractivity contribution in [3.8, 4) is 5.69 Å². The van der Waals surface area contributed by atoms with Crippen LogP contribution in [0.3, 0.4) is 0 Å². The standard InChI is InChI=1S/C15H15N5O6/c1-9-12(13(21)16-15(14(22)23)5-6-26-8-15)17-18-19(9)10-3-2-4-11(7-10)20(24)25/h2-4,7H,5-6,8H2,1H3,(H,16,21)(H,22,23). The second kappa shape index (κ2) is 6.52. The van der Waals surface area contributed by atoms with Crippen molar-refractivity contribution in [3.05, 3.63) is 45.8 Å². The highest BCUT2D eigenvalue weighted by atomic mass is 16.6. The van der Waals surface area contributed by atoms with Crippen LogP contribution in [-0.2, 0) is 9.53 Å². The first kappa shape index (κ1) is 17.5. The predicted molar refractivity (Wildman–Crippen MR) is 86.0 cm³/mol. The molecule has 1 aromatic carbocycles. The number of nitrogens with one attached hydrogen (secondary N) is 1. The minimum atomic E-state index is -1.50. The molecule has 3 rings (SSSR count). The molecule has 2 aromatic rings. The predicted octanol–water partition coefficient (Wildman–Crippen LogP) is 0.457. The summed E-state index contributed by atoms with van der Waals surface area (Å²) in [6.07, 6.45) is 0.145. The minimum absolute atomic E-state index is 0.0657. The Kier molecular flexibility index (Phi) is 4.38. The highest BCUT2D eigenvalue weighted by Crippen LogP contribution is 2.21. The summed E-state index contributed by atoms with van der Waals surface area (Å²) in [4.78, 5) is 34.4. The zero-order chi connectivity index (χ0) is 18.9. The summed E-state index contributed by atoms with van der Waals surface area (Å²) in [7, 11) is 0. The fraction of sp³-hybridized carbons (Fsp3) is 0.333. The minimum Gasteiger partial charge on any atom is -0.479 e. The molecule has 0 bridgehead atoms. The van der Waals surface area contributed by atoms with E-state index in [0.29, 0.717) is 11.4 Å². The second-order valence-corrected chi connectivity index (χ2v) is 5.86. The van der Waals surface area contributed by atoms with Gasteiger partial charge >= 0.3 is 5.97 Å². The number of benzene rings is 1. The Morgan fingerprint density at radius 1 is 1.46 bits per heavy atom. The van der Waals surface area contributed by atoms with Crippen molar-refractivity contribution in [2.24, 2.45) is 0 Å². The number of hydrogen-bond donors (Lipinski definition) is 2. The zero-order valence-electron chi connectivity index (χ0n) is 13.7. The number of carbonyl (C=O) groups excluding carboxylic acids is 1. The van der Waals surface area contributed by atoms with Crippen molar-refractivity contribution in [1.29, 1.82) is 0 Å². The van der Waals surface area contributed by atoms with Crippen LogP contribution in [0.25, 0.3) is 5.69 Å². The van der Waals surface area contributed by atoms with Gasteiger partial charge in [-0.1, -0.05) is 11.3 Å². The Bertz CT molecular complexity index is 886. The summed E-state index contributed by atoms with van der Waals surface area (Å²) in [6.45, 7) is 1.66. The maximum atomic E-state index is 12.5. The van der Waals surface area contributed by atoms with Crippen LogP contribution in [0, 0.1) is 17.0 Å². The molecule has 26 heavy (non-hydrogen) atoms.